The van der Waals surface area contributed by atoms with Gasteiger partial charge in [0.2, 0.25) is 0 Å². The molecule has 1 heterocycles. The van der Waals surface area contributed by atoms with Crippen LogP contribution in [0.15, 0.2) is 0 Å². The van der Waals surface area contributed by atoms with E-state index in [-0.39, 0.29) is 29.8 Å². The summed E-state index contributed by atoms with van der Waals surface area (Å²) in [5.74, 6) is -0.289. The number of hydrogen-bond acceptors (Lipinski definition) is 3. The second-order valence-electron chi connectivity index (χ2n) is 6.77. The standard InChI is InChI=1S/C15H22O4/c1-7-3-4-10-9(5-7)6-11-12(13(10)14(16)17)8(2)19-15(11)18/h7-13H,3-6H2,1-2H3,(H,16,17)/t7-,8-,9+,10-,11-,12-,13?/m1/s1. The molecule has 4 nitrogen and oxygen atoms in total. The average Bonchev–Trinajstić information content (AvgIpc) is 2.61. The molecule has 0 aromatic rings. The number of hydrogen-bond donors (Lipinski definition) is 1. The Morgan fingerprint density at radius 3 is 2.68 bits per heavy atom. The lowest BCUT2D eigenvalue weighted by Crippen LogP contribution is -2.47. The van der Waals surface area contributed by atoms with E-state index in [1.54, 1.807) is 0 Å². The molecule has 3 fully saturated rings. The van der Waals surface area contributed by atoms with Crippen molar-refractivity contribution in [3.05, 3.63) is 0 Å². The molecule has 0 aromatic heterocycles. The number of carboxylic acid groups (broad SMARTS) is 1. The Morgan fingerprint density at radius 1 is 1.26 bits per heavy atom. The lowest BCUT2D eigenvalue weighted by atomic mass is 9.56. The Bertz CT molecular complexity index is 405. The number of cyclic esters (lactones) is 1. The average molecular weight is 266 g/mol. The third kappa shape index (κ3) is 1.96. The number of carbonyl (C=O) groups is 2. The van der Waals surface area contributed by atoms with Gasteiger partial charge in [0, 0.05) is 5.92 Å². The highest BCUT2D eigenvalue weighted by atomic mass is 16.6. The van der Waals surface area contributed by atoms with E-state index >= 15 is 0 Å². The van der Waals surface area contributed by atoms with Crippen molar-refractivity contribution in [2.24, 2.45) is 35.5 Å². The highest BCUT2D eigenvalue weighted by molar-refractivity contribution is 5.79. The zero-order valence-electron chi connectivity index (χ0n) is 11.5. The maximum Gasteiger partial charge on any atom is 0.309 e. The number of fused-ring (bicyclic) bond motifs is 2. The molecule has 2 saturated carbocycles. The van der Waals surface area contributed by atoms with Crippen LogP contribution in [0.4, 0.5) is 0 Å². The molecule has 0 spiro atoms. The van der Waals surface area contributed by atoms with Gasteiger partial charge in [-0.25, -0.2) is 0 Å². The molecule has 0 aromatic carbocycles. The predicted molar refractivity (Wildman–Crippen MR) is 68.3 cm³/mol. The molecule has 106 valence electrons. The van der Waals surface area contributed by atoms with Crippen LogP contribution in [0.1, 0.15) is 39.5 Å². The van der Waals surface area contributed by atoms with E-state index in [2.05, 4.69) is 6.92 Å². The van der Waals surface area contributed by atoms with Crippen LogP contribution in [-0.2, 0) is 14.3 Å². The van der Waals surface area contributed by atoms with Crippen LogP contribution in [0.25, 0.3) is 0 Å². The summed E-state index contributed by atoms with van der Waals surface area (Å²) >= 11 is 0. The van der Waals surface area contributed by atoms with Gasteiger partial charge >= 0.3 is 11.9 Å². The van der Waals surface area contributed by atoms with Gasteiger partial charge in [0.1, 0.15) is 6.10 Å². The molecule has 1 N–H and O–H groups in total. The van der Waals surface area contributed by atoms with Crippen molar-refractivity contribution in [3.63, 3.8) is 0 Å². The molecule has 1 unspecified atom stereocenters. The van der Waals surface area contributed by atoms with Crippen molar-refractivity contribution < 1.29 is 19.4 Å². The number of esters is 1. The Labute approximate surface area is 113 Å². The molecule has 3 aliphatic rings. The molecular weight excluding hydrogens is 244 g/mol. The van der Waals surface area contributed by atoms with Crippen LogP contribution >= 0.6 is 0 Å². The van der Waals surface area contributed by atoms with E-state index in [0.717, 1.165) is 25.7 Å². The van der Waals surface area contributed by atoms with Crippen molar-refractivity contribution in [1.29, 1.82) is 0 Å². The number of carbonyl (C=O) groups excluding carboxylic acids is 1. The maximum absolute atomic E-state index is 11.9. The monoisotopic (exact) mass is 266 g/mol. The molecule has 2 aliphatic carbocycles. The molecular formula is C15H22O4. The summed E-state index contributed by atoms with van der Waals surface area (Å²) < 4.78 is 5.32. The minimum atomic E-state index is -0.732. The molecule has 3 rings (SSSR count). The second kappa shape index (κ2) is 4.50. The Balaban J connectivity index is 1.92. The van der Waals surface area contributed by atoms with Gasteiger partial charge in [0.05, 0.1) is 11.8 Å². The number of aliphatic carboxylic acids is 1. The summed E-state index contributed by atoms with van der Waals surface area (Å²) in [6.07, 6.45) is 3.78. The first-order chi connectivity index (χ1) is 8.99. The summed E-state index contributed by atoms with van der Waals surface area (Å²) in [4.78, 5) is 23.6. The highest BCUT2D eigenvalue weighted by Crippen LogP contribution is 2.53. The predicted octanol–water partition coefficient (Wildman–Crippen LogP) is 2.32. The molecule has 1 saturated heterocycles. The Kier molecular flexibility index (Phi) is 3.06. The fraction of sp³-hybridized carbons (Fsp3) is 0.867. The zero-order chi connectivity index (χ0) is 13.7. The van der Waals surface area contributed by atoms with E-state index in [0.29, 0.717) is 11.8 Å². The van der Waals surface area contributed by atoms with Crippen LogP contribution in [0.5, 0.6) is 0 Å². The molecule has 1 aliphatic heterocycles. The van der Waals surface area contributed by atoms with Gasteiger partial charge in [-0.05, 0) is 43.9 Å². The van der Waals surface area contributed by atoms with Crippen LogP contribution < -0.4 is 0 Å². The van der Waals surface area contributed by atoms with Crippen molar-refractivity contribution in [1.82, 2.24) is 0 Å². The minimum absolute atomic E-state index is 0.111. The van der Waals surface area contributed by atoms with Crippen LogP contribution in [-0.4, -0.2) is 23.1 Å². The molecule has 0 amide bonds. The number of ether oxygens (including phenoxy) is 1. The lowest BCUT2D eigenvalue weighted by Gasteiger charge is -2.46. The molecule has 0 radical (unpaired) electrons. The SMILES string of the molecule is C[C@@H]1CC[C@H]2C(C(=O)O)[C@@H]3[C@@H](C)OC(=O)[C@@H]3C[C@@H]2C1. The molecule has 4 heteroatoms. The summed E-state index contributed by atoms with van der Waals surface area (Å²) in [7, 11) is 0. The summed E-state index contributed by atoms with van der Waals surface area (Å²) in [5, 5.41) is 9.63. The first-order valence-corrected chi connectivity index (χ1v) is 7.42. The van der Waals surface area contributed by atoms with Crippen LogP contribution in [0.2, 0.25) is 0 Å². The minimum Gasteiger partial charge on any atom is -0.481 e. The quantitative estimate of drug-likeness (QED) is 0.740. The first-order valence-electron chi connectivity index (χ1n) is 7.42. The van der Waals surface area contributed by atoms with Crippen molar-refractivity contribution >= 4 is 11.9 Å². The summed E-state index contributed by atoms with van der Waals surface area (Å²) in [5.41, 5.74) is 0. The Hall–Kier alpha value is -1.06. The zero-order valence-corrected chi connectivity index (χ0v) is 11.5. The smallest absolute Gasteiger partial charge is 0.309 e. The van der Waals surface area contributed by atoms with Gasteiger partial charge in [0.15, 0.2) is 0 Å². The Morgan fingerprint density at radius 2 is 2.00 bits per heavy atom. The van der Waals surface area contributed by atoms with Crippen molar-refractivity contribution in [2.45, 2.75) is 45.6 Å². The highest BCUT2D eigenvalue weighted by Gasteiger charge is 2.57. The van der Waals surface area contributed by atoms with Gasteiger partial charge in [-0.15, -0.1) is 0 Å². The summed E-state index contributed by atoms with van der Waals surface area (Å²) in [6.45, 7) is 4.08. The van der Waals surface area contributed by atoms with Crippen molar-refractivity contribution in [2.75, 3.05) is 0 Å². The number of rotatable bonds is 1. The van der Waals surface area contributed by atoms with Gasteiger partial charge in [-0.1, -0.05) is 13.3 Å². The maximum atomic E-state index is 11.9. The van der Waals surface area contributed by atoms with Gasteiger partial charge < -0.3 is 9.84 Å². The first kappa shape index (κ1) is 12.9. The normalized spacial score (nSPS) is 49.2. The van der Waals surface area contributed by atoms with E-state index < -0.39 is 11.9 Å². The fourth-order valence-corrected chi connectivity index (χ4v) is 4.85. The van der Waals surface area contributed by atoms with E-state index in [1.165, 1.54) is 0 Å². The third-order valence-electron chi connectivity index (χ3n) is 5.63. The second-order valence-corrected chi connectivity index (χ2v) is 6.77. The van der Waals surface area contributed by atoms with E-state index in [9.17, 15) is 14.7 Å². The van der Waals surface area contributed by atoms with Gasteiger partial charge in [-0.2, -0.15) is 0 Å². The van der Waals surface area contributed by atoms with Gasteiger partial charge in [0.25, 0.3) is 0 Å². The van der Waals surface area contributed by atoms with Crippen molar-refractivity contribution in [3.8, 4) is 0 Å². The lowest BCUT2D eigenvalue weighted by molar-refractivity contribution is -0.153. The third-order valence-corrected chi connectivity index (χ3v) is 5.63. The molecule has 7 atom stereocenters. The van der Waals surface area contributed by atoms with Crippen LogP contribution in [0.3, 0.4) is 0 Å². The molecule has 19 heavy (non-hydrogen) atoms. The van der Waals surface area contributed by atoms with E-state index in [1.807, 2.05) is 6.92 Å². The van der Waals surface area contributed by atoms with Crippen LogP contribution in [0, 0.1) is 35.5 Å². The number of carboxylic acids is 1. The molecule has 0 bridgehead atoms. The topological polar surface area (TPSA) is 63.6 Å². The largest absolute Gasteiger partial charge is 0.481 e. The van der Waals surface area contributed by atoms with Gasteiger partial charge in [-0.3, -0.25) is 9.59 Å². The fourth-order valence-electron chi connectivity index (χ4n) is 4.85. The summed E-state index contributed by atoms with van der Waals surface area (Å²) in [6, 6.07) is 0. The van der Waals surface area contributed by atoms with E-state index in [4.69, 9.17) is 4.74 Å².